The van der Waals surface area contributed by atoms with Crippen molar-refractivity contribution in [3.05, 3.63) is 54.5 Å². The second-order valence-electron chi connectivity index (χ2n) is 5.92. The summed E-state index contributed by atoms with van der Waals surface area (Å²) in [4.78, 5) is 0. The van der Waals surface area contributed by atoms with E-state index in [9.17, 15) is 0 Å². The molecule has 0 aliphatic heterocycles. The van der Waals surface area contributed by atoms with Crippen LogP contribution in [0.5, 0.6) is 0 Å². The van der Waals surface area contributed by atoms with E-state index in [1.54, 1.807) is 5.57 Å². The van der Waals surface area contributed by atoms with Crippen molar-refractivity contribution in [2.45, 2.75) is 64.2 Å². The van der Waals surface area contributed by atoms with Crippen molar-refractivity contribution in [3.63, 3.8) is 0 Å². The van der Waals surface area contributed by atoms with E-state index in [1.807, 2.05) is 12.2 Å². The Balaban J connectivity index is 0. The van der Waals surface area contributed by atoms with Crippen molar-refractivity contribution < 1.29 is 51.0 Å². The van der Waals surface area contributed by atoms with E-state index in [2.05, 4.69) is 36.8 Å². The van der Waals surface area contributed by atoms with Crippen molar-refractivity contribution in [2.24, 2.45) is 5.92 Å². The molecule has 1 saturated carbocycles. The average molecular weight is 431 g/mol. The van der Waals surface area contributed by atoms with E-state index in [0.29, 0.717) is 0 Å². The first-order chi connectivity index (χ1) is 9.97. The fourth-order valence-corrected chi connectivity index (χ4v) is 3.10. The summed E-state index contributed by atoms with van der Waals surface area (Å²) in [5.74, 6) is 0.883. The summed E-state index contributed by atoms with van der Waals surface area (Å²) >= 11 is 0. The number of rotatable bonds is 0. The molecule has 1 fully saturated rings. The standard InChI is InChI=1S/C15H23.C5H5.2ClH.Zr/c1-2-4-6-8-11-15-13-9-12-14(15)10-7-5-3-1;1-2-4-5-3-1;;;/h5,7,10,12,15H,1-4,6,8-9,11,13H2;1-3H,4H2;2*1H;/q2*-1;;;+4/p-2. The van der Waals surface area contributed by atoms with Crippen molar-refractivity contribution in [1.82, 2.24) is 0 Å². The third-order valence-corrected chi connectivity index (χ3v) is 4.30. The van der Waals surface area contributed by atoms with Crippen LogP contribution in [0.2, 0.25) is 0 Å². The maximum atomic E-state index is 2.99. The molecule has 126 valence electrons. The van der Waals surface area contributed by atoms with Crippen LogP contribution in [0, 0.1) is 18.4 Å². The van der Waals surface area contributed by atoms with Gasteiger partial charge < -0.3 is 24.8 Å². The quantitative estimate of drug-likeness (QED) is 0.480. The number of halogens is 2. The van der Waals surface area contributed by atoms with Crippen molar-refractivity contribution in [2.75, 3.05) is 0 Å². The summed E-state index contributed by atoms with van der Waals surface area (Å²) < 4.78 is 0. The predicted octanol–water partition coefficient (Wildman–Crippen LogP) is 0.139. The molecular weight excluding hydrogens is 402 g/mol. The number of hydrogen-bond acceptors (Lipinski definition) is 0. The summed E-state index contributed by atoms with van der Waals surface area (Å²) in [6, 6.07) is 0. The molecule has 0 aromatic heterocycles. The number of allylic oxidation sites excluding steroid dienone is 8. The van der Waals surface area contributed by atoms with Crippen LogP contribution >= 0.6 is 0 Å². The molecule has 3 rings (SSSR count). The summed E-state index contributed by atoms with van der Waals surface area (Å²) in [5.41, 5.74) is 1.62. The molecule has 0 saturated heterocycles. The van der Waals surface area contributed by atoms with Gasteiger partial charge in [-0.25, -0.2) is 30.2 Å². The van der Waals surface area contributed by atoms with Crippen LogP contribution in [-0.2, 0) is 26.2 Å². The smallest absolute Gasteiger partial charge is 1.00 e. The van der Waals surface area contributed by atoms with E-state index in [-0.39, 0.29) is 51.0 Å². The van der Waals surface area contributed by atoms with E-state index in [0.717, 1.165) is 12.3 Å². The normalized spacial score (nSPS) is 22.3. The van der Waals surface area contributed by atoms with Gasteiger partial charge in [-0.3, -0.25) is 6.08 Å². The molecule has 0 spiro atoms. The Morgan fingerprint density at radius 1 is 0.913 bits per heavy atom. The van der Waals surface area contributed by atoms with Gasteiger partial charge in [0.15, 0.2) is 0 Å². The van der Waals surface area contributed by atoms with E-state index >= 15 is 0 Å². The maximum absolute atomic E-state index is 2.99. The Kier molecular flexibility index (Phi) is 19.0. The molecule has 1 unspecified atom stereocenters. The minimum absolute atomic E-state index is 0. The van der Waals surface area contributed by atoms with E-state index in [4.69, 9.17) is 0 Å². The molecule has 0 radical (unpaired) electrons. The number of hydrogen-bond donors (Lipinski definition) is 0. The largest absolute Gasteiger partial charge is 4.00 e. The van der Waals surface area contributed by atoms with Crippen LogP contribution in [0.4, 0.5) is 0 Å². The molecule has 0 amide bonds. The molecule has 3 heteroatoms. The average Bonchev–Trinajstić information content (AvgIpc) is 3.12. The predicted molar refractivity (Wildman–Crippen MR) is 88.1 cm³/mol. The fraction of sp³-hybridized carbons (Fsp3) is 0.550. The van der Waals surface area contributed by atoms with Crippen LogP contribution < -0.4 is 24.8 Å². The first-order valence-corrected chi connectivity index (χ1v) is 8.38. The molecule has 0 bridgehead atoms. The Bertz CT molecular complexity index is 373. The van der Waals surface area contributed by atoms with E-state index in [1.165, 1.54) is 57.8 Å². The molecule has 0 aromatic carbocycles. The molecule has 3 aliphatic rings. The Hall–Kier alpha value is 0.293. The third kappa shape index (κ3) is 11.5. The second kappa shape index (κ2) is 17.1. The van der Waals surface area contributed by atoms with Crippen LogP contribution in [0.3, 0.4) is 0 Å². The van der Waals surface area contributed by atoms with Gasteiger partial charge in [0.2, 0.25) is 0 Å². The minimum atomic E-state index is 0. The van der Waals surface area contributed by atoms with Gasteiger partial charge in [-0.15, -0.1) is 25.0 Å². The monoisotopic (exact) mass is 428 g/mol. The van der Waals surface area contributed by atoms with Gasteiger partial charge in [-0.2, -0.15) is 6.08 Å². The number of fused-ring (bicyclic) bond motifs is 1. The van der Waals surface area contributed by atoms with E-state index < -0.39 is 0 Å². The first kappa shape index (κ1) is 25.5. The van der Waals surface area contributed by atoms with Crippen LogP contribution in [0.1, 0.15) is 64.2 Å². The van der Waals surface area contributed by atoms with Crippen molar-refractivity contribution in [3.8, 4) is 0 Å². The summed E-state index contributed by atoms with van der Waals surface area (Å²) in [6.07, 6.45) is 32.0. The van der Waals surface area contributed by atoms with Gasteiger partial charge in [0, 0.05) is 0 Å². The molecule has 0 aromatic rings. The summed E-state index contributed by atoms with van der Waals surface area (Å²) in [7, 11) is 0. The topological polar surface area (TPSA) is 0 Å². The molecular formula is C20H28Cl2Zr. The zero-order chi connectivity index (χ0) is 13.9. The Labute approximate surface area is 174 Å². The Morgan fingerprint density at radius 3 is 2.39 bits per heavy atom. The van der Waals surface area contributed by atoms with Gasteiger partial charge >= 0.3 is 26.2 Å². The fourth-order valence-electron chi connectivity index (χ4n) is 3.10. The maximum Gasteiger partial charge on any atom is 4.00 e. The zero-order valence-corrected chi connectivity index (χ0v) is 17.9. The zero-order valence-electron chi connectivity index (χ0n) is 13.9. The van der Waals surface area contributed by atoms with Crippen molar-refractivity contribution in [1.29, 1.82) is 0 Å². The third-order valence-electron chi connectivity index (χ3n) is 4.30. The van der Waals surface area contributed by atoms with Gasteiger partial charge in [-0.05, 0) is 19.3 Å². The first-order valence-electron chi connectivity index (χ1n) is 8.38. The van der Waals surface area contributed by atoms with Crippen LogP contribution in [0.25, 0.3) is 0 Å². The SMILES string of the molecule is C1=CCCCCCCCC2CC[CH-]C2=C1.[C-]1=CC=CC1.[Cl-].[Cl-].[Zr+4]. The summed E-state index contributed by atoms with van der Waals surface area (Å²) in [5, 5.41) is 0. The van der Waals surface area contributed by atoms with Gasteiger partial charge in [0.25, 0.3) is 0 Å². The summed E-state index contributed by atoms with van der Waals surface area (Å²) in [6.45, 7) is 0. The second-order valence-corrected chi connectivity index (χ2v) is 5.92. The van der Waals surface area contributed by atoms with Gasteiger partial charge in [-0.1, -0.05) is 38.0 Å². The molecule has 23 heavy (non-hydrogen) atoms. The van der Waals surface area contributed by atoms with Gasteiger partial charge in [0.1, 0.15) is 0 Å². The van der Waals surface area contributed by atoms with Crippen LogP contribution in [0.15, 0.2) is 42.0 Å². The molecule has 0 heterocycles. The Morgan fingerprint density at radius 2 is 1.70 bits per heavy atom. The molecule has 0 N–H and O–H groups in total. The minimum Gasteiger partial charge on any atom is -1.00 e. The van der Waals surface area contributed by atoms with Crippen molar-refractivity contribution >= 4 is 0 Å². The van der Waals surface area contributed by atoms with Crippen LogP contribution in [-0.4, -0.2) is 0 Å². The molecule has 0 nitrogen and oxygen atoms in total. The molecule has 1 atom stereocenters. The molecule has 3 aliphatic carbocycles. The van der Waals surface area contributed by atoms with Gasteiger partial charge in [0.05, 0.1) is 0 Å².